The van der Waals surface area contributed by atoms with Crippen molar-refractivity contribution in [2.45, 2.75) is 0 Å². The molecule has 0 amide bonds. The predicted octanol–water partition coefficient (Wildman–Crippen LogP) is 13.5. The van der Waals surface area contributed by atoms with Crippen LogP contribution in [0.4, 0.5) is 0 Å². The number of pyridine rings is 1. The second-order valence-electron chi connectivity index (χ2n) is 15.2. The van der Waals surface area contributed by atoms with Crippen LogP contribution in [0.15, 0.2) is 200 Å². The van der Waals surface area contributed by atoms with Crippen LogP contribution in [0.5, 0.6) is 0 Å². The molecule has 0 atom stereocenters. The minimum Gasteiger partial charge on any atom is -0.309 e. The van der Waals surface area contributed by atoms with Gasteiger partial charge in [-0.05, 0) is 91.0 Å². The van der Waals surface area contributed by atoms with E-state index < -0.39 is 0 Å². The molecule has 0 aliphatic carbocycles. The van der Waals surface area contributed by atoms with Crippen LogP contribution < -0.4 is 0 Å². The van der Waals surface area contributed by atoms with Crippen LogP contribution in [0.3, 0.4) is 0 Å². The normalized spacial score (nSPS) is 12.1. The fourth-order valence-corrected chi connectivity index (χ4v) is 9.68. The number of para-hydroxylation sites is 6. The number of hydrogen-bond acceptors (Lipinski definition) is 1. The smallest absolute Gasteiger partial charge is 0.0972 e. The lowest BCUT2D eigenvalue weighted by Gasteiger charge is -2.12. The minimum absolute atomic E-state index is 1.00. The number of fused-ring (bicyclic) bond motifs is 12. The Labute approximate surface area is 332 Å². The molecular formula is C53H33N5. The van der Waals surface area contributed by atoms with Crippen molar-refractivity contribution in [2.24, 2.45) is 0 Å². The van der Waals surface area contributed by atoms with Crippen molar-refractivity contribution < 1.29 is 0 Å². The van der Waals surface area contributed by atoms with E-state index in [0.717, 1.165) is 66.6 Å². The Hall–Kier alpha value is -7.89. The molecule has 5 heteroatoms. The molecule has 58 heavy (non-hydrogen) atoms. The van der Waals surface area contributed by atoms with E-state index in [1.54, 1.807) is 0 Å². The fraction of sp³-hybridized carbons (Fsp3) is 0. The van der Waals surface area contributed by atoms with Gasteiger partial charge in [0.1, 0.15) is 0 Å². The van der Waals surface area contributed by atoms with Crippen LogP contribution >= 0.6 is 0 Å². The van der Waals surface area contributed by atoms with E-state index in [9.17, 15) is 0 Å². The first-order valence-electron chi connectivity index (χ1n) is 19.8. The second-order valence-corrected chi connectivity index (χ2v) is 15.2. The number of benzene rings is 8. The standard InChI is InChI=1S/C53H33N5/c1-3-15-34(16-4-1)55-44-23-11-7-19-38(44)42-32-49-43(31-48(42)55)39-20-8-12-24-45(39)56(49)36-27-29-37(30-28-36)58-47-26-14-10-22-41(47)53-51(58)33-50-52(54-53)40-21-9-13-25-46(40)57(50)35-17-5-2-6-18-35/h1-33H. The first-order chi connectivity index (χ1) is 28.8. The first-order valence-corrected chi connectivity index (χ1v) is 19.8. The molecule has 13 rings (SSSR count). The molecule has 0 saturated heterocycles. The predicted molar refractivity (Wildman–Crippen MR) is 242 cm³/mol. The topological polar surface area (TPSA) is 32.6 Å². The van der Waals surface area contributed by atoms with Crippen LogP contribution in [-0.4, -0.2) is 23.3 Å². The van der Waals surface area contributed by atoms with Gasteiger partial charge in [0.25, 0.3) is 0 Å². The second kappa shape index (κ2) is 11.8. The maximum absolute atomic E-state index is 5.47. The van der Waals surface area contributed by atoms with Crippen molar-refractivity contribution in [3.63, 3.8) is 0 Å². The Morgan fingerprint density at radius 1 is 0.224 bits per heavy atom. The Bertz CT molecular complexity index is 3770. The summed E-state index contributed by atoms with van der Waals surface area (Å²) in [6.07, 6.45) is 0. The van der Waals surface area contributed by atoms with Gasteiger partial charge in [-0.3, -0.25) is 0 Å². The fourth-order valence-electron chi connectivity index (χ4n) is 9.68. The molecule has 270 valence electrons. The minimum atomic E-state index is 1.00. The number of nitrogens with zero attached hydrogens (tertiary/aromatic N) is 5. The lowest BCUT2D eigenvalue weighted by molar-refractivity contribution is 1.14. The largest absolute Gasteiger partial charge is 0.309 e. The first kappa shape index (κ1) is 31.3. The summed E-state index contributed by atoms with van der Waals surface area (Å²) in [6, 6.07) is 72.3. The van der Waals surface area contributed by atoms with Gasteiger partial charge in [-0.1, -0.05) is 109 Å². The summed E-state index contributed by atoms with van der Waals surface area (Å²) in [5.74, 6) is 0. The van der Waals surface area contributed by atoms with E-state index in [1.165, 1.54) is 43.6 Å². The van der Waals surface area contributed by atoms with Crippen molar-refractivity contribution in [2.75, 3.05) is 0 Å². The van der Waals surface area contributed by atoms with Crippen molar-refractivity contribution in [3.05, 3.63) is 200 Å². The molecule has 0 aliphatic heterocycles. The van der Waals surface area contributed by atoms with Gasteiger partial charge in [0.05, 0.1) is 55.2 Å². The maximum atomic E-state index is 5.47. The van der Waals surface area contributed by atoms with Gasteiger partial charge in [-0.25, -0.2) is 4.98 Å². The van der Waals surface area contributed by atoms with Crippen LogP contribution in [-0.2, 0) is 0 Å². The van der Waals surface area contributed by atoms with Gasteiger partial charge in [0, 0.05) is 55.1 Å². The zero-order chi connectivity index (χ0) is 37.9. The van der Waals surface area contributed by atoms with E-state index >= 15 is 0 Å². The third-order valence-corrected chi connectivity index (χ3v) is 12.1. The molecular weight excluding hydrogens is 707 g/mol. The lowest BCUT2D eigenvalue weighted by Crippen LogP contribution is -1.98. The molecule has 8 aromatic carbocycles. The maximum Gasteiger partial charge on any atom is 0.0972 e. The Morgan fingerprint density at radius 3 is 0.948 bits per heavy atom. The molecule has 0 radical (unpaired) electrons. The molecule has 0 bridgehead atoms. The monoisotopic (exact) mass is 739 g/mol. The Kier molecular flexibility index (Phi) is 6.38. The van der Waals surface area contributed by atoms with Gasteiger partial charge >= 0.3 is 0 Å². The summed E-state index contributed by atoms with van der Waals surface area (Å²) in [5, 5.41) is 7.25. The van der Waals surface area contributed by atoms with E-state index in [4.69, 9.17) is 4.98 Å². The highest BCUT2D eigenvalue weighted by molar-refractivity contribution is 6.19. The summed E-state index contributed by atoms with van der Waals surface area (Å²) < 4.78 is 9.55. The SMILES string of the molecule is c1ccc(-n2c3ccccc3c3cc4c(cc32)c2ccccc2n4-c2ccc(-n3c4ccccc4c4nc5c6ccccc6n(-c6ccccc6)c5cc43)cc2)cc1. The van der Waals surface area contributed by atoms with E-state index in [1.807, 2.05) is 0 Å². The molecule has 0 spiro atoms. The van der Waals surface area contributed by atoms with Crippen LogP contribution in [0.1, 0.15) is 0 Å². The van der Waals surface area contributed by atoms with Gasteiger partial charge < -0.3 is 18.3 Å². The summed E-state index contributed by atoms with van der Waals surface area (Å²) in [6.45, 7) is 0. The highest BCUT2D eigenvalue weighted by Gasteiger charge is 2.21. The van der Waals surface area contributed by atoms with Crippen molar-refractivity contribution in [1.82, 2.24) is 23.3 Å². The van der Waals surface area contributed by atoms with E-state index in [0.29, 0.717) is 0 Å². The highest BCUT2D eigenvalue weighted by atomic mass is 15.0. The molecule has 13 aromatic rings. The third-order valence-electron chi connectivity index (χ3n) is 12.1. The Balaban J connectivity index is 1.04. The van der Waals surface area contributed by atoms with Crippen LogP contribution in [0.25, 0.3) is 110 Å². The molecule has 0 N–H and O–H groups in total. The van der Waals surface area contributed by atoms with Crippen molar-refractivity contribution >= 4 is 87.5 Å². The quantitative estimate of drug-likeness (QED) is 0.177. The lowest BCUT2D eigenvalue weighted by atomic mass is 10.1. The zero-order valence-electron chi connectivity index (χ0n) is 31.3. The molecule has 5 aromatic heterocycles. The summed E-state index contributed by atoms with van der Waals surface area (Å²) in [7, 11) is 0. The van der Waals surface area contributed by atoms with Crippen molar-refractivity contribution in [3.8, 4) is 22.7 Å². The van der Waals surface area contributed by atoms with Crippen LogP contribution in [0.2, 0.25) is 0 Å². The number of rotatable bonds is 4. The molecule has 5 nitrogen and oxygen atoms in total. The highest BCUT2D eigenvalue weighted by Crippen LogP contribution is 2.41. The summed E-state index contributed by atoms with van der Waals surface area (Å²) in [4.78, 5) is 5.47. The molecule has 5 heterocycles. The van der Waals surface area contributed by atoms with Gasteiger partial charge in [0.15, 0.2) is 0 Å². The molecule has 0 unspecified atom stereocenters. The molecule has 0 fully saturated rings. The Morgan fingerprint density at radius 2 is 0.534 bits per heavy atom. The average Bonchev–Trinajstić information content (AvgIpc) is 4.00. The van der Waals surface area contributed by atoms with E-state index in [-0.39, 0.29) is 0 Å². The zero-order valence-corrected chi connectivity index (χ0v) is 31.3. The van der Waals surface area contributed by atoms with Gasteiger partial charge in [0.2, 0.25) is 0 Å². The summed E-state index contributed by atoms with van der Waals surface area (Å²) >= 11 is 0. The molecule has 0 aliphatic rings. The number of hydrogen-bond donors (Lipinski definition) is 0. The third kappa shape index (κ3) is 4.27. The van der Waals surface area contributed by atoms with E-state index in [2.05, 4.69) is 218 Å². The van der Waals surface area contributed by atoms with Gasteiger partial charge in [-0.2, -0.15) is 0 Å². The summed E-state index contributed by atoms with van der Waals surface area (Å²) in [5.41, 5.74) is 15.7. The van der Waals surface area contributed by atoms with Crippen LogP contribution in [0, 0.1) is 0 Å². The number of aromatic nitrogens is 5. The van der Waals surface area contributed by atoms with Crippen molar-refractivity contribution in [1.29, 1.82) is 0 Å². The van der Waals surface area contributed by atoms with Gasteiger partial charge in [-0.15, -0.1) is 0 Å². The molecule has 0 saturated carbocycles. The average molecular weight is 740 g/mol.